The number of fused-ring (bicyclic) bond motifs is 2. The molecule has 0 saturated carbocycles. The summed E-state index contributed by atoms with van der Waals surface area (Å²) in [4.78, 5) is 0. The van der Waals surface area contributed by atoms with E-state index >= 15 is 0 Å². The largest absolute Gasteiger partial charge is 0.500 e. The van der Waals surface area contributed by atoms with Crippen LogP contribution in [0.5, 0.6) is 0 Å². The fourth-order valence-corrected chi connectivity index (χ4v) is 3.06. The van der Waals surface area contributed by atoms with Gasteiger partial charge < -0.3 is 14.6 Å². The summed E-state index contributed by atoms with van der Waals surface area (Å²) >= 11 is 0. The van der Waals surface area contributed by atoms with Gasteiger partial charge >= 0.3 is 0 Å². The van der Waals surface area contributed by atoms with E-state index in [1.54, 1.807) is 26.4 Å². The third kappa shape index (κ3) is 2.61. The zero-order chi connectivity index (χ0) is 14.8. The summed E-state index contributed by atoms with van der Waals surface area (Å²) in [6.45, 7) is 4.14. The first-order valence-electron chi connectivity index (χ1n) is 6.64. The van der Waals surface area contributed by atoms with Crippen molar-refractivity contribution in [2.24, 2.45) is 5.41 Å². The van der Waals surface area contributed by atoms with Crippen LogP contribution in [0.3, 0.4) is 0 Å². The molecule has 0 heterocycles. The molecule has 2 aliphatic carbocycles. The third-order valence-electron chi connectivity index (χ3n) is 3.80. The van der Waals surface area contributed by atoms with Crippen molar-refractivity contribution in [3.8, 4) is 23.7 Å². The molecule has 2 rings (SSSR count). The Balaban J connectivity index is 2.64. The summed E-state index contributed by atoms with van der Waals surface area (Å²) in [5.74, 6) is 12.6. The van der Waals surface area contributed by atoms with Gasteiger partial charge in [0.1, 0.15) is 17.5 Å². The van der Waals surface area contributed by atoms with E-state index in [9.17, 15) is 5.11 Å². The zero-order valence-electron chi connectivity index (χ0n) is 12.4. The van der Waals surface area contributed by atoms with Crippen LogP contribution < -0.4 is 0 Å². The molecule has 3 nitrogen and oxygen atoms in total. The van der Waals surface area contributed by atoms with Crippen LogP contribution in [0.15, 0.2) is 23.5 Å². The van der Waals surface area contributed by atoms with Crippen LogP contribution in [0.4, 0.5) is 0 Å². The molecular weight excluding hydrogens is 252 g/mol. The van der Waals surface area contributed by atoms with Crippen molar-refractivity contribution in [1.82, 2.24) is 0 Å². The molecule has 106 valence electrons. The van der Waals surface area contributed by atoms with Crippen LogP contribution in [0.25, 0.3) is 0 Å². The SMILES string of the molecule is COC1=C2C[C@](OC)(C#C/C=C\C#CC2O)CC1(C)C. The van der Waals surface area contributed by atoms with Gasteiger partial charge in [-0.05, 0) is 12.2 Å². The van der Waals surface area contributed by atoms with E-state index in [4.69, 9.17) is 9.47 Å². The van der Waals surface area contributed by atoms with Crippen molar-refractivity contribution in [1.29, 1.82) is 0 Å². The van der Waals surface area contributed by atoms with Crippen molar-refractivity contribution in [3.63, 3.8) is 0 Å². The van der Waals surface area contributed by atoms with Gasteiger partial charge in [0, 0.05) is 30.9 Å². The average molecular weight is 272 g/mol. The van der Waals surface area contributed by atoms with Gasteiger partial charge in [-0.2, -0.15) is 0 Å². The van der Waals surface area contributed by atoms with Gasteiger partial charge in [0.2, 0.25) is 0 Å². The Bertz CT molecular complexity index is 575. The lowest BCUT2D eigenvalue weighted by Gasteiger charge is -2.43. The number of hydrogen-bond donors (Lipinski definition) is 1. The van der Waals surface area contributed by atoms with Gasteiger partial charge in [0.15, 0.2) is 0 Å². The van der Waals surface area contributed by atoms with Crippen LogP contribution >= 0.6 is 0 Å². The molecule has 0 radical (unpaired) electrons. The first kappa shape index (κ1) is 14.7. The normalized spacial score (nSPS) is 32.4. The number of ether oxygens (including phenoxy) is 2. The minimum absolute atomic E-state index is 0.265. The lowest BCUT2D eigenvalue weighted by atomic mass is 9.68. The van der Waals surface area contributed by atoms with E-state index in [0.29, 0.717) is 12.8 Å². The minimum atomic E-state index is -0.858. The Morgan fingerprint density at radius 1 is 1.25 bits per heavy atom. The monoisotopic (exact) mass is 272 g/mol. The third-order valence-corrected chi connectivity index (χ3v) is 3.80. The standard InChI is InChI=1S/C17H20O3/c1-16(2)12-17(20-4)10-8-6-5-7-9-14(18)13(11-17)15(16)19-3/h5-6,14,18H,11-12H2,1-4H3/b6-5-/t14?,17-/m1/s1. The number of hydrogen-bond acceptors (Lipinski definition) is 3. The Morgan fingerprint density at radius 2 is 1.95 bits per heavy atom. The highest BCUT2D eigenvalue weighted by atomic mass is 16.5. The Hall–Kier alpha value is -1.68. The molecule has 0 aromatic carbocycles. The minimum Gasteiger partial charge on any atom is -0.500 e. The number of methoxy groups -OCH3 is 2. The number of aliphatic hydroxyl groups is 1. The fourth-order valence-electron chi connectivity index (χ4n) is 3.06. The highest BCUT2D eigenvalue weighted by Gasteiger charge is 2.46. The fraction of sp³-hybridized carbons (Fsp3) is 0.529. The molecule has 0 amide bonds. The molecule has 1 unspecified atom stereocenters. The van der Waals surface area contributed by atoms with Gasteiger partial charge in [-0.3, -0.25) is 0 Å². The molecule has 0 spiro atoms. The van der Waals surface area contributed by atoms with E-state index in [0.717, 1.165) is 11.3 Å². The van der Waals surface area contributed by atoms with Crippen LogP contribution in [-0.4, -0.2) is 31.0 Å². The maximum Gasteiger partial charge on any atom is 0.140 e. The number of allylic oxidation sites excluding steroid dienone is 3. The molecule has 0 aliphatic heterocycles. The van der Waals surface area contributed by atoms with E-state index < -0.39 is 11.7 Å². The summed E-state index contributed by atoms with van der Waals surface area (Å²) in [7, 11) is 3.29. The molecule has 2 aliphatic rings. The predicted octanol–water partition coefficient (Wildman–Crippen LogP) is 2.03. The average Bonchev–Trinajstić information content (AvgIpc) is 2.40. The van der Waals surface area contributed by atoms with E-state index in [1.807, 2.05) is 0 Å². The van der Waals surface area contributed by atoms with E-state index in [2.05, 4.69) is 37.5 Å². The van der Waals surface area contributed by atoms with Crippen LogP contribution in [0.1, 0.15) is 26.7 Å². The maximum absolute atomic E-state index is 10.3. The van der Waals surface area contributed by atoms with Gasteiger partial charge in [0.25, 0.3) is 0 Å². The molecule has 1 N–H and O–H groups in total. The van der Waals surface area contributed by atoms with Crippen molar-refractivity contribution < 1.29 is 14.6 Å². The number of rotatable bonds is 2. The summed E-state index contributed by atoms with van der Waals surface area (Å²) < 4.78 is 11.3. The molecule has 2 bridgehead atoms. The molecular formula is C17H20O3. The highest BCUT2D eigenvalue weighted by molar-refractivity contribution is 5.40. The molecule has 20 heavy (non-hydrogen) atoms. The topological polar surface area (TPSA) is 38.7 Å². The van der Waals surface area contributed by atoms with Crippen LogP contribution in [0, 0.1) is 29.1 Å². The van der Waals surface area contributed by atoms with Crippen molar-refractivity contribution in [2.75, 3.05) is 14.2 Å². The van der Waals surface area contributed by atoms with E-state index in [-0.39, 0.29) is 5.41 Å². The molecule has 0 fully saturated rings. The van der Waals surface area contributed by atoms with Gasteiger partial charge in [-0.1, -0.05) is 37.5 Å². The smallest absolute Gasteiger partial charge is 0.140 e. The van der Waals surface area contributed by atoms with Gasteiger partial charge in [-0.25, -0.2) is 0 Å². The summed E-state index contributed by atoms with van der Waals surface area (Å²) in [6.07, 6.45) is 3.69. The first-order chi connectivity index (χ1) is 9.44. The second-order valence-electron chi connectivity index (χ2n) is 5.79. The maximum atomic E-state index is 10.3. The number of aliphatic hydroxyl groups excluding tert-OH is 1. The summed E-state index contributed by atoms with van der Waals surface area (Å²) in [6, 6.07) is 0. The Labute approximate surface area is 120 Å². The Morgan fingerprint density at radius 3 is 2.60 bits per heavy atom. The van der Waals surface area contributed by atoms with Crippen molar-refractivity contribution in [3.05, 3.63) is 23.5 Å². The molecule has 2 atom stereocenters. The predicted molar refractivity (Wildman–Crippen MR) is 77.5 cm³/mol. The van der Waals surface area contributed by atoms with E-state index in [1.165, 1.54) is 0 Å². The summed E-state index contributed by atoms with van der Waals surface area (Å²) in [5.41, 5.74) is -0.105. The van der Waals surface area contributed by atoms with Crippen LogP contribution in [-0.2, 0) is 9.47 Å². The van der Waals surface area contributed by atoms with Crippen LogP contribution in [0.2, 0.25) is 0 Å². The lowest BCUT2D eigenvalue weighted by Crippen LogP contribution is -2.43. The van der Waals surface area contributed by atoms with Gasteiger partial charge in [-0.15, -0.1) is 0 Å². The second-order valence-corrected chi connectivity index (χ2v) is 5.79. The highest BCUT2D eigenvalue weighted by Crippen LogP contribution is 2.47. The molecule has 0 aromatic rings. The summed E-state index contributed by atoms with van der Waals surface area (Å²) in [5, 5.41) is 10.3. The van der Waals surface area contributed by atoms with Crippen molar-refractivity contribution in [2.45, 2.75) is 38.4 Å². The quantitative estimate of drug-likeness (QED) is 0.782. The lowest BCUT2D eigenvalue weighted by molar-refractivity contribution is -0.0178. The first-order valence-corrected chi connectivity index (χ1v) is 6.64. The zero-order valence-corrected chi connectivity index (χ0v) is 12.4. The molecule has 3 heteroatoms. The van der Waals surface area contributed by atoms with Gasteiger partial charge in [0.05, 0.1) is 7.11 Å². The second kappa shape index (κ2) is 5.37. The molecule has 0 aromatic heterocycles. The molecule has 0 saturated heterocycles. The van der Waals surface area contributed by atoms with Crippen molar-refractivity contribution >= 4 is 0 Å². The Kier molecular flexibility index (Phi) is 3.95.